The predicted molar refractivity (Wildman–Crippen MR) is 70.8 cm³/mol. The average Bonchev–Trinajstić information content (AvgIpc) is 2.27. The van der Waals surface area contributed by atoms with Crippen molar-refractivity contribution in [2.45, 2.75) is 5.59 Å². The fraction of sp³-hybridized carbons (Fsp3) is 0.333. The van der Waals surface area contributed by atoms with Gasteiger partial charge in [0.25, 0.3) is 5.59 Å². The maximum atomic E-state index is 10.9. The van der Waals surface area contributed by atoms with E-state index in [0.717, 1.165) is 0 Å². The molecule has 0 unspecified atom stereocenters. The average molecular weight is 347 g/mol. The highest BCUT2D eigenvalue weighted by Gasteiger charge is 2.44. The third-order valence-corrected chi connectivity index (χ3v) is 5.51. The van der Waals surface area contributed by atoms with Crippen molar-refractivity contribution in [1.29, 1.82) is 0 Å². The molecular formula is C9H13ClO8P2. The van der Waals surface area contributed by atoms with Crippen molar-refractivity contribution in [3.05, 3.63) is 29.3 Å². The van der Waals surface area contributed by atoms with Gasteiger partial charge in [-0.15, -0.1) is 0 Å². The van der Waals surface area contributed by atoms with E-state index in [2.05, 4.69) is 4.74 Å². The molecule has 0 bridgehead atoms. The summed E-state index contributed by atoms with van der Waals surface area (Å²) in [7, 11) is -10.1. The summed E-state index contributed by atoms with van der Waals surface area (Å²) >= 11 is 5.66. The summed E-state index contributed by atoms with van der Waals surface area (Å²) in [6.45, 7) is -0.540. The summed E-state index contributed by atoms with van der Waals surface area (Å²) in [5.41, 5.74) is -2.48. The summed E-state index contributed by atoms with van der Waals surface area (Å²) in [5.74, 6) is 0.432. The first-order chi connectivity index (χ1) is 9.10. The van der Waals surface area contributed by atoms with Crippen LogP contribution in [0.1, 0.15) is 0 Å². The Morgan fingerprint density at radius 1 is 1.00 bits per heavy atom. The van der Waals surface area contributed by atoms with Crippen molar-refractivity contribution in [1.82, 2.24) is 0 Å². The standard InChI is InChI=1S/C9H13ClO8P2/c10-7-1-3-8(4-2-7)17-5-6-18-9(19(11,12)13)20(14,15)16/h1-4,9H,5-6H2,(H2,11,12,13)(H2,14,15,16). The van der Waals surface area contributed by atoms with E-state index in [4.69, 9.17) is 35.9 Å². The van der Waals surface area contributed by atoms with Gasteiger partial charge in [0.1, 0.15) is 12.4 Å². The van der Waals surface area contributed by atoms with Gasteiger partial charge >= 0.3 is 15.2 Å². The monoisotopic (exact) mass is 346 g/mol. The van der Waals surface area contributed by atoms with Crippen LogP contribution in [-0.4, -0.2) is 38.4 Å². The zero-order chi connectivity index (χ0) is 15.4. The van der Waals surface area contributed by atoms with E-state index in [1.165, 1.54) is 0 Å². The van der Waals surface area contributed by atoms with Gasteiger partial charge in [0.15, 0.2) is 0 Å². The number of hydrogen-bond acceptors (Lipinski definition) is 4. The molecule has 8 nitrogen and oxygen atoms in total. The lowest BCUT2D eigenvalue weighted by atomic mass is 10.3. The molecule has 0 saturated heterocycles. The van der Waals surface area contributed by atoms with E-state index in [1.54, 1.807) is 24.3 Å². The molecule has 20 heavy (non-hydrogen) atoms. The number of ether oxygens (including phenoxy) is 2. The van der Waals surface area contributed by atoms with Crippen LogP contribution < -0.4 is 4.74 Å². The first-order valence-electron chi connectivity index (χ1n) is 5.21. The quantitative estimate of drug-likeness (QED) is 0.430. The third kappa shape index (κ3) is 5.91. The van der Waals surface area contributed by atoms with Crippen molar-refractivity contribution < 1.29 is 38.2 Å². The molecule has 0 fully saturated rings. The van der Waals surface area contributed by atoms with Crippen molar-refractivity contribution >= 4 is 26.8 Å². The van der Waals surface area contributed by atoms with Gasteiger partial charge in [-0.25, -0.2) is 0 Å². The van der Waals surface area contributed by atoms with Crippen LogP contribution in [0.25, 0.3) is 0 Å². The SMILES string of the molecule is O=P(O)(O)C(OCCOc1ccc(Cl)cc1)P(=O)(O)O. The lowest BCUT2D eigenvalue weighted by molar-refractivity contribution is 0.0857. The molecule has 4 N–H and O–H groups in total. The van der Waals surface area contributed by atoms with E-state index in [9.17, 15) is 9.13 Å². The van der Waals surface area contributed by atoms with E-state index in [-0.39, 0.29) is 6.61 Å². The highest BCUT2D eigenvalue weighted by molar-refractivity contribution is 7.70. The van der Waals surface area contributed by atoms with Gasteiger partial charge in [0.2, 0.25) is 0 Å². The Kier molecular flexibility index (Phi) is 6.19. The van der Waals surface area contributed by atoms with Crippen LogP contribution in [-0.2, 0) is 13.9 Å². The van der Waals surface area contributed by atoms with Crippen LogP contribution in [0.2, 0.25) is 5.02 Å². The molecular weight excluding hydrogens is 333 g/mol. The van der Waals surface area contributed by atoms with Crippen molar-refractivity contribution in [3.8, 4) is 5.75 Å². The van der Waals surface area contributed by atoms with Gasteiger partial charge in [-0.3, -0.25) is 9.13 Å². The normalized spacial score (nSPS) is 12.7. The van der Waals surface area contributed by atoms with Crippen LogP contribution in [0.15, 0.2) is 24.3 Å². The Labute approximate surface area is 119 Å². The second-order valence-electron chi connectivity index (χ2n) is 3.68. The zero-order valence-electron chi connectivity index (χ0n) is 10.00. The minimum absolute atomic E-state index is 0.141. The molecule has 11 heteroatoms. The van der Waals surface area contributed by atoms with Gasteiger partial charge in [-0.2, -0.15) is 0 Å². The molecule has 0 aromatic heterocycles. The van der Waals surface area contributed by atoms with E-state index in [1.807, 2.05) is 0 Å². The van der Waals surface area contributed by atoms with Crippen LogP contribution in [0.4, 0.5) is 0 Å². The number of hydrogen-bond donors (Lipinski definition) is 4. The minimum Gasteiger partial charge on any atom is -0.491 e. The molecule has 0 spiro atoms. The molecule has 1 aromatic rings. The summed E-state index contributed by atoms with van der Waals surface area (Å²) in [6, 6.07) is 6.27. The summed E-state index contributed by atoms with van der Waals surface area (Å²) < 4.78 is 31.5. The molecule has 0 heterocycles. The van der Waals surface area contributed by atoms with Crippen LogP contribution in [0.5, 0.6) is 5.75 Å². The fourth-order valence-corrected chi connectivity index (χ4v) is 3.53. The lowest BCUT2D eigenvalue weighted by Crippen LogP contribution is -2.18. The molecule has 1 rings (SSSR count). The van der Waals surface area contributed by atoms with Crippen molar-refractivity contribution in [3.63, 3.8) is 0 Å². The molecule has 1 aromatic carbocycles. The summed E-state index contributed by atoms with van der Waals surface area (Å²) in [4.78, 5) is 35.2. The molecule has 0 atom stereocenters. The van der Waals surface area contributed by atoms with Crippen LogP contribution in [0.3, 0.4) is 0 Å². The molecule has 0 aliphatic rings. The molecule has 0 aliphatic carbocycles. The van der Waals surface area contributed by atoms with E-state index in [0.29, 0.717) is 10.8 Å². The predicted octanol–water partition coefficient (Wildman–Crippen LogP) is 1.37. The van der Waals surface area contributed by atoms with Crippen LogP contribution >= 0.6 is 26.8 Å². The first-order valence-corrected chi connectivity index (χ1v) is 8.95. The van der Waals surface area contributed by atoms with Gasteiger partial charge in [-0.05, 0) is 24.3 Å². The van der Waals surface area contributed by atoms with Crippen molar-refractivity contribution in [2.75, 3.05) is 13.2 Å². The Morgan fingerprint density at radius 3 is 1.95 bits per heavy atom. The highest BCUT2D eigenvalue weighted by atomic mass is 35.5. The zero-order valence-corrected chi connectivity index (χ0v) is 12.5. The lowest BCUT2D eigenvalue weighted by Gasteiger charge is -2.19. The topological polar surface area (TPSA) is 134 Å². The van der Waals surface area contributed by atoms with E-state index < -0.39 is 27.4 Å². The summed E-state index contributed by atoms with van der Waals surface area (Å²) in [6.07, 6.45) is 0. The molecule has 0 amide bonds. The Bertz CT molecular complexity index is 499. The summed E-state index contributed by atoms with van der Waals surface area (Å²) in [5, 5.41) is 0.511. The molecule has 0 saturated carbocycles. The maximum absolute atomic E-state index is 10.9. The molecule has 0 radical (unpaired) electrons. The Hall–Kier alpha value is -0.430. The van der Waals surface area contributed by atoms with Gasteiger partial charge < -0.3 is 29.0 Å². The third-order valence-electron chi connectivity index (χ3n) is 2.01. The second kappa shape index (κ2) is 7.02. The first kappa shape index (κ1) is 17.6. The van der Waals surface area contributed by atoms with E-state index >= 15 is 0 Å². The van der Waals surface area contributed by atoms with Gasteiger partial charge in [0, 0.05) is 5.02 Å². The van der Waals surface area contributed by atoms with Crippen LogP contribution in [0, 0.1) is 0 Å². The number of benzene rings is 1. The Morgan fingerprint density at radius 2 is 1.50 bits per heavy atom. The van der Waals surface area contributed by atoms with Gasteiger partial charge in [-0.1, -0.05) is 11.6 Å². The Balaban J connectivity index is 2.48. The van der Waals surface area contributed by atoms with Gasteiger partial charge in [0.05, 0.1) is 6.61 Å². The largest absolute Gasteiger partial charge is 0.491 e. The molecule has 114 valence electrons. The molecule has 0 aliphatic heterocycles. The van der Waals surface area contributed by atoms with Crippen molar-refractivity contribution in [2.24, 2.45) is 0 Å². The number of halogens is 1. The fourth-order valence-electron chi connectivity index (χ4n) is 1.23. The minimum atomic E-state index is -5.07. The number of rotatable bonds is 7. The second-order valence-corrected chi connectivity index (χ2v) is 7.82. The smallest absolute Gasteiger partial charge is 0.366 e. The maximum Gasteiger partial charge on any atom is 0.366 e. The highest BCUT2D eigenvalue weighted by Crippen LogP contribution is 2.60.